The third-order valence-corrected chi connectivity index (χ3v) is 4.77. The standard InChI is InChI=1S/C21H24N2O5/c1-5-27-20(25)13-6-8-14(9-7-13)22-19(24)18-12(2)17-15(23-26)10-21(3,4)11-16(17)28-18/h6-9,26H,5,10-11H2,1-4H3,(H,22,24)/b23-15-. The van der Waals surface area contributed by atoms with E-state index in [0.29, 0.717) is 53.3 Å². The lowest BCUT2D eigenvalue weighted by atomic mass is 9.75. The van der Waals surface area contributed by atoms with Gasteiger partial charge in [-0.2, -0.15) is 0 Å². The third kappa shape index (κ3) is 3.78. The number of rotatable bonds is 4. The topological polar surface area (TPSA) is 101 Å². The molecule has 0 saturated heterocycles. The number of ether oxygens (including phenoxy) is 1. The average Bonchev–Trinajstić information content (AvgIpc) is 2.97. The summed E-state index contributed by atoms with van der Waals surface area (Å²) in [6.07, 6.45) is 1.26. The molecule has 2 N–H and O–H groups in total. The first-order chi connectivity index (χ1) is 13.3. The fourth-order valence-electron chi connectivity index (χ4n) is 3.51. The summed E-state index contributed by atoms with van der Waals surface area (Å²) in [6.45, 7) is 7.94. The van der Waals surface area contributed by atoms with Crippen molar-refractivity contribution in [1.29, 1.82) is 0 Å². The second-order valence-electron chi connectivity index (χ2n) is 7.67. The second-order valence-corrected chi connectivity index (χ2v) is 7.67. The van der Waals surface area contributed by atoms with Gasteiger partial charge >= 0.3 is 5.97 Å². The molecule has 28 heavy (non-hydrogen) atoms. The Bertz CT molecular complexity index is 938. The Morgan fingerprint density at radius 3 is 2.54 bits per heavy atom. The van der Waals surface area contributed by atoms with Crippen LogP contribution < -0.4 is 5.32 Å². The minimum absolute atomic E-state index is 0.116. The van der Waals surface area contributed by atoms with Crippen LogP contribution in [0.5, 0.6) is 0 Å². The van der Waals surface area contributed by atoms with Crippen LogP contribution in [0.1, 0.15) is 65.0 Å². The second kappa shape index (κ2) is 7.50. The Morgan fingerprint density at radius 2 is 1.93 bits per heavy atom. The van der Waals surface area contributed by atoms with Crippen LogP contribution in [0.25, 0.3) is 0 Å². The van der Waals surface area contributed by atoms with Crippen LogP contribution in [0.3, 0.4) is 0 Å². The number of carbonyl (C=O) groups is 2. The summed E-state index contributed by atoms with van der Waals surface area (Å²) in [5, 5.41) is 15.6. The normalized spacial score (nSPS) is 16.5. The van der Waals surface area contributed by atoms with Crippen LogP contribution in [0.4, 0.5) is 5.69 Å². The molecule has 0 saturated carbocycles. The molecule has 0 radical (unpaired) electrons. The Morgan fingerprint density at radius 1 is 1.25 bits per heavy atom. The highest BCUT2D eigenvalue weighted by Crippen LogP contribution is 2.38. The van der Waals surface area contributed by atoms with Gasteiger partial charge in [0.05, 0.1) is 17.9 Å². The van der Waals surface area contributed by atoms with Gasteiger partial charge < -0.3 is 19.7 Å². The molecule has 1 aliphatic carbocycles. The first kappa shape index (κ1) is 19.7. The first-order valence-corrected chi connectivity index (χ1v) is 9.18. The summed E-state index contributed by atoms with van der Waals surface area (Å²) in [4.78, 5) is 24.4. The maximum Gasteiger partial charge on any atom is 0.338 e. The van der Waals surface area contributed by atoms with Gasteiger partial charge in [-0.3, -0.25) is 4.79 Å². The van der Waals surface area contributed by atoms with E-state index >= 15 is 0 Å². The Hall–Kier alpha value is -3.09. The number of hydrogen-bond donors (Lipinski definition) is 2. The van der Waals surface area contributed by atoms with E-state index in [1.165, 1.54) is 0 Å². The van der Waals surface area contributed by atoms with Crippen LogP contribution in [0.2, 0.25) is 0 Å². The summed E-state index contributed by atoms with van der Waals surface area (Å²) in [5.41, 5.74) is 2.72. The largest absolute Gasteiger partial charge is 0.462 e. The van der Waals surface area contributed by atoms with Gasteiger partial charge in [0.15, 0.2) is 5.76 Å². The summed E-state index contributed by atoms with van der Waals surface area (Å²) < 4.78 is 10.8. The van der Waals surface area contributed by atoms with Crippen molar-refractivity contribution in [3.05, 3.63) is 52.5 Å². The van der Waals surface area contributed by atoms with Gasteiger partial charge in [0.1, 0.15) is 5.76 Å². The Kier molecular flexibility index (Phi) is 5.27. The molecule has 0 spiro atoms. The van der Waals surface area contributed by atoms with Gasteiger partial charge in [-0.1, -0.05) is 19.0 Å². The zero-order chi connectivity index (χ0) is 20.5. The van der Waals surface area contributed by atoms with Gasteiger partial charge in [0.2, 0.25) is 0 Å². The number of nitrogens with one attached hydrogen (secondary N) is 1. The van der Waals surface area contributed by atoms with E-state index in [9.17, 15) is 14.8 Å². The van der Waals surface area contributed by atoms with E-state index in [1.807, 2.05) is 0 Å². The smallest absolute Gasteiger partial charge is 0.338 e. The predicted octanol–water partition coefficient (Wildman–Crippen LogP) is 4.17. The van der Waals surface area contributed by atoms with Crippen molar-refractivity contribution in [2.24, 2.45) is 10.6 Å². The van der Waals surface area contributed by atoms with E-state index in [1.54, 1.807) is 38.1 Å². The molecule has 1 heterocycles. The molecule has 0 fully saturated rings. The number of fused-ring (bicyclic) bond motifs is 1. The van der Waals surface area contributed by atoms with Crippen molar-refractivity contribution in [2.45, 2.75) is 40.5 Å². The number of oxime groups is 1. The van der Waals surface area contributed by atoms with E-state index in [0.717, 1.165) is 0 Å². The van der Waals surface area contributed by atoms with Crippen molar-refractivity contribution >= 4 is 23.3 Å². The van der Waals surface area contributed by atoms with Crippen LogP contribution in [0.15, 0.2) is 33.8 Å². The average molecular weight is 384 g/mol. The van der Waals surface area contributed by atoms with Gasteiger partial charge in [0.25, 0.3) is 5.91 Å². The molecule has 148 valence electrons. The van der Waals surface area contributed by atoms with Crippen molar-refractivity contribution in [2.75, 3.05) is 11.9 Å². The van der Waals surface area contributed by atoms with Crippen LogP contribution in [-0.2, 0) is 11.2 Å². The maximum atomic E-state index is 12.7. The van der Waals surface area contributed by atoms with Crippen LogP contribution in [0, 0.1) is 12.3 Å². The van der Waals surface area contributed by atoms with E-state index in [-0.39, 0.29) is 11.2 Å². The van der Waals surface area contributed by atoms with Crippen molar-refractivity contribution in [1.82, 2.24) is 0 Å². The molecular weight excluding hydrogens is 360 g/mol. The van der Waals surface area contributed by atoms with Gasteiger partial charge in [-0.15, -0.1) is 0 Å². The molecule has 7 heteroatoms. The molecule has 1 aromatic carbocycles. The lowest BCUT2D eigenvalue weighted by Crippen LogP contribution is -2.27. The Labute approximate surface area is 163 Å². The van der Waals surface area contributed by atoms with Gasteiger partial charge in [-0.05, 0) is 49.9 Å². The molecule has 1 amide bonds. The number of carbonyl (C=O) groups excluding carboxylic acids is 2. The lowest BCUT2D eigenvalue weighted by molar-refractivity contribution is 0.0526. The quantitative estimate of drug-likeness (QED) is 0.468. The Balaban J connectivity index is 1.83. The van der Waals surface area contributed by atoms with E-state index in [2.05, 4.69) is 24.3 Å². The molecule has 7 nitrogen and oxygen atoms in total. The lowest BCUT2D eigenvalue weighted by Gasteiger charge is -2.28. The van der Waals surface area contributed by atoms with E-state index in [4.69, 9.17) is 9.15 Å². The summed E-state index contributed by atoms with van der Waals surface area (Å²) in [6, 6.07) is 6.44. The molecule has 0 aliphatic heterocycles. The number of benzene rings is 1. The predicted molar refractivity (Wildman–Crippen MR) is 104 cm³/mol. The molecule has 0 atom stereocenters. The first-order valence-electron chi connectivity index (χ1n) is 9.18. The minimum Gasteiger partial charge on any atom is -0.462 e. The number of hydrogen-bond acceptors (Lipinski definition) is 6. The molecule has 1 aromatic heterocycles. The molecular formula is C21H24N2O5. The third-order valence-electron chi connectivity index (χ3n) is 4.77. The van der Waals surface area contributed by atoms with Crippen molar-refractivity contribution in [3.63, 3.8) is 0 Å². The highest BCUT2D eigenvalue weighted by atomic mass is 16.5. The zero-order valence-corrected chi connectivity index (χ0v) is 16.5. The van der Waals surface area contributed by atoms with E-state index < -0.39 is 11.9 Å². The molecule has 2 aromatic rings. The minimum atomic E-state index is -0.409. The molecule has 0 unspecified atom stereocenters. The fourth-order valence-corrected chi connectivity index (χ4v) is 3.51. The summed E-state index contributed by atoms with van der Waals surface area (Å²) in [7, 11) is 0. The summed E-state index contributed by atoms with van der Waals surface area (Å²) in [5.74, 6) is 0.0434. The highest BCUT2D eigenvalue weighted by molar-refractivity contribution is 6.09. The van der Waals surface area contributed by atoms with Crippen LogP contribution >= 0.6 is 0 Å². The molecule has 3 rings (SSSR count). The fraction of sp³-hybridized carbons (Fsp3) is 0.381. The SMILES string of the molecule is CCOC(=O)c1ccc(NC(=O)c2oc3c(c2C)/C(=N\O)CC(C)(C)C3)cc1. The monoisotopic (exact) mass is 384 g/mol. The maximum absolute atomic E-state index is 12.7. The number of furan rings is 1. The summed E-state index contributed by atoms with van der Waals surface area (Å²) >= 11 is 0. The number of nitrogens with zero attached hydrogens (tertiary/aromatic N) is 1. The van der Waals surface area contributed by atoms with Gasteiger partial charge in [0, 0.05) is 23.2 Å². The number of anilines is 1. The van der Waals surface area contributed by atoms with Crippen molar-refractivity contribution < 1.29 is 24.0 Å². The number of amides is 1. The van der Waals surface area contributed by atoms with Gasteiger partial charge in [-0.25, -0.2) is 4.79 Å². The highest BCUT2D eigenvalue weighted by Gasteiger charge is 2.36. The van der Waals surface area contributed by atoms with Crippen molar-refractivity contribution in [3.8, 4) is 0 Å². The zero-order valence-electron chi connectivity index (χ0n) is 16.5. The molecule has 0 bridgehead atoms. The number of esters is 1. The van der Waals surface area contributed by atoms with Crippen LogP contribution in [-0.4, -0.2) is 29.4 Å². The molecule has 1 aliphatic rings.